The molecule has 0 aliphatic carbocycles. The minimum absolute atomic E-state index is 0.171. The largest absolute Gasteiger partial charge is 0.392 e. The normalized spacial score (nSPS) is 23.6. The number of nitrogens with one attached hydrogen (secondary N) is 1. The zero-order chi connectivity index (χ0) is 14.1. The van der Waals surface area contributed by atoms with Gasteiger partial charge in [-0.15, -0.1) is 0 Å². The highest BCUT2D eigenvalue weighted by atomic mass is 32.1. The number of esters is 2. The maximum absolute atomic E-state index is 11.8. The highest BCUT2D eigenvalue weighted by Crippen LogP contribution is 2.10. The minimum atomic E-state index is -0.769. The maximum Gasteiger partial charge on any atom is 0.336 e. The quantitative estimate of drug-likeness (QED) is 0.460. The Bertz CT molecular complexity index is 333. The molecule has 0 saturated carbocycles. The summed E-state index contributed by atoms with van der Waals surface area (Å²) in [6.07, 6.45) is 5.44. The van der Waals surface area contributed by atoms with E-state index >= 15 is 0 Å². The number of hydrogen-bond donors (Lipinski definition) is 2. The molecule has 1 rings (SSSR count). The lowest BCUT2D eigenvalue weighted by Crippen LogP contribution is -2.42. The van der Waals surface area contributed by atoms with Gasteiger partial charge in [0, 0.05) is 12.8 Å². The monoisotopic (exact) mass is 287 g/mol. The van der Waals surface area contributed by atoms with Crippen LogP contribution in [-0.2, 0) is 19.1 Å². The van der Waals surface area contributed by atoms with E-state index in [1.807, 2.05) is 0 Å². The van der Waals surface area contributed by atoms with Gasteiger partial charge in [-0.2, -0.15) is 12.6 Å². The lowest BCUT2D eigenvalue weighted by Gasteiger charge is -2.15. The zero-order valence-electron chi connectivity index (χ0n) is 11.0. The molecule has 1 aliphatic heterocycles. The molecule has 1 fully saturated rings. The van der Waals surface area contributed by atoms with E-state index in [2.05, 4.69) is 17.9 Å². The Labute approximate surface area is 118 Å². The Balaban J connectivity index is 2.64. The summed E-state index contributed by atoms with van der Waals surface area (Å²) in [6.45, 7) is 0. The molecule has 0 aromatic rings. The molecular formula is C13H21NO4S. The fourth-order valence-electron chi connectivity index (χ4n) is 1.96. The third-order valence-corrected chi connectivity index (χ3v) is 3.29. The first-order valence-electron chi connectivity index (χ1n) is 6.78. The topological polar surface area (TPSA) is 72.5 Å². The van der Waals surface area contributed by atoms with Gasteiger partial charge in [-0.3, -0.25) is 9.59 Å². The van der Waals surface area contributed by atoms with Gasteiger partial charge in [-0.25, -0.2) is 4.79 Å². The number of cyclic esters (lactones) is 2. The van der Waals surface area contributed by atoms with Crippen molar-refractivity contribution < 1.29 is 19.1 Å². The summed E-state index contributed by atoms with van der Waals surface area (Å²) in [4.78, 5) is 34.9. The predicted octanol–water partition coefficient (Wildman–Crippen LogP) is 1.61. The molecule has 0 unspecified atom stereocenters. The van der Waals surface area contributed by atoms with Gasteiger partial charge in [-0.1, -0.05) is 19.3 Å². The van der Waals surface area contributed by atoms with Crippen molar-refractivity contribution in [2.45, 2.75) is 57.4 Å². The van der Waals surface area contributed by atoms with Crippen LogP contribution in [0.5, 0.6) is 0 Å². The summed E-state index contributed by atoms with van der Waals surface area (Å²) in [5.41, 5.74) is 0. The number of carbonyl (C=O) groups excluding carboxylic acids is 3. The van der Waals surface area contributed by atoms with Gasteiger partial charge in [0.2, 0.25) is 5.91 Å². The molecule has 5 nitrogen and oxygen atoms in total. The maximum atomic E-state index is 11.8. The Hall–Kier alpha value is -1.04. The van der Waals surface area contributed by atoms with E-state index in [1.54, 1.807) is 0 Å². The molecule has 0 spiro atoms. The molecule has 1 heterocycles. The van der Waals surface area contributed by atoms with E-state index in [9.17, 15) is 14.4 Å². The number of carbonyl (C=O) groups is 3. The molecule has 108 valence electrons. The lowest BCUT2D eigenvalue weighted by molar-refractivity contribution is -0.162. The van der Waals surface area contributed by atoms with Crippen molar-refractivity contribution >= 4 is 30.5 Å². The zero-order valence-corrected chi connectivity index (χ0v) is 11.9. The highest BCUT2D eigenvalue weighted by molar-refractivity contribution is 7.80. The molecule has 0 aromatic carbocycles. The van der Waals surface area contributed by atoms with E-state index in [0.29, 0.717) is 18.6 Å². The summed E-state index contributed by atoms with van der Waals surface area (Å²) < 4.78 is 4.75. The molecule has 0 bridgehead atoms. The number of thiol groups is 1. The molecule has 1 aliphatic rings. The van der Waals surface area contributed by atoms with E-state index < -0.39 is 18.0 Å². The minimum Gasteiger partial charge on any atom is -0.392 e. The molecule has 0 aromatic heterocycles. The number of amides is 1. The summed E-state index contributed by atoms with van der Waals surface area (Å²) in [6, 6.07) is -0.769. The lowest BCUT2D eigenvalue weighted by atomic mass is 10.1. The second-order valence-corrected chi connectivity index (χ2v) is 5.14. The number of ether oxygens (including phenoxy) is 1. The number of rotatable bonds is 2. The Morgan fingerprint density at radius 2 is 1.68 bits per heavy atom. The first-order valence-corrected chi connectivity index (χ1v) is 7.41. The Morgan fingerprint density at radius 3 is 2.37 bits per heavy atom. The van der Waals surface area contributed by atoms with Crippen LogP contribution in [0.1, 0.15) is 51.4 Å². The average Bonchev–Trinajstić information content (AvgIpc) is 2.37. The molecular weight excluding hydrogens is 266 g/mol. The van der Waals surface area contributed by atoms with E-state index in [0.717, 1.165) is 32.1 Å². The van der Waals surface area contributed by atoms with Crippen molar-refractivity contribution in [1.82, 2.24) is 5.32 Å². The summed E-state index contributed by atoms with van der Waals surface area (Å²) in [5.74, 6) is -0.918. The smallest absolute Gasteiger partial charge is 0.336 e. The first-order chi connectivity index (χ1) is 9.13. The SMILES string of the molecule is O=C1CCCCCCCC(=O)OC(=O)[C@H](CCS)N1. The summed E-state index contributed by atoms with van der Waals surface area (Å²) >= 11 is 4.05. The fraction of sp³-hybridized carbons (Fsp3) is 0.769. The van der Waals surface area contributed by atoms with E-state index in [4.69, 9.17) is 4.74 Å². The van der Waals surface area contributed by atoms with Gasteiger partial charge in [0.15, 0.2) is 0 Å². The van der Waals surface area contributed by atoms with Crippen molar-refractivity contribution in [1.29, 1.82) is 0 Å². The highest BCUT2D eigenvalue weighted by Gasteiger charge is 2.23. The van der Waals surface area contributed by atoms with Gasteiger partial charge in [0.25, 0.3) is 0 Å². The molecule has 0 radical (unpaired) electrons. The molecule has 1 N–H and O–H groups in total. The Kier molecular flexibility index (Phi) is 7.55. The molecule has 19 heavy (non-hydrogen) atoms. The van der Waals surface area contributed by atoms with Crippen LogP contribution >= 0.6 is 12.6 Å². The van der Waals surface area contributed by atoms with Crippen LogP contribution in [0.3, 0.4) is 0 Å². The molecule has 1 atom stereocenters. The van der Waals surface area contributed by atoms with Gasteiger partial charge < -0.3 is 10.1 Å². The molecule has 6 heteroatoms. The van der Waals surface area contributed by atoms with E-state index in [1.165, 1.54) is 0 Å². The summed E-state index contributed by atoms with van der Waals surface area (Å²) in [7, 11) is 0. The van der Waals surface area contributed by atoms with Crippen molar-refractivity contribution in [2.24, 2.45) is 0 Å². The van der Waals surface area contributed by atoms with Crippen molar-refractivity contribution in [3.05, 3.63) is 0 Å². The van der Waals surface area contributed by atoms with Gasteiger partial charge in [-0.05, 0) is 25.0 Å². The van der Waals surface area contributed by atoms with Crippen molar-refractivity contribution in [2.75, 3.05) is 5.75 Å². The number of hydrogen-bond acceptors (Lipinski definition) is 5. The fourth-order valence-corrected chi connectivity index (χ4v) is 2.22. The van der Waals surface area contributed by atoms with Crippen LogP contribution in [0.15, 0.2) is 0 Å². The van der Waals surface area contributed by atoms with E-state index in [-0.39, 0.29) is 12.3 Å². The standard InChI is InChI=1S/C13H21NO4S/c15-11-6-4-2-1-3-5-7-12(16)18-13(17)10(14-11)8-9-19/h10,19H,1-9H2,(H,14,15)/t10-/m0/s1. The van der Waals surface area contributed by atoms with Gasteiger partial charge >= 0.3 is 11.9 Å². The third kappa shape index (κ3) is 6.61. The summed E-state index contributed by atoms with van der Waals surface area (Å²) in [5, 5.41) is 2.61. The van der Waals surface area contributed by atoms with Crippen molar-refractivity contribution in [3.8, 4) is 0 Å². The van der Waals surface area contributed by atoms with Crippen LogP contribution in [0.4, 0.5) is 0 Å². The first kappa shape index (κ1) is 16.0. The molecule has 1 amide bonds. The van der Waals surface area contributed by atoms with Crippen molar-refractivity contribution in [3.63, 3.8) is 0 Å². The molecule has 1 saturated heterocycles. The van der Waals surface area contributed by atoms with Crippen LogP contribution in [0.25, 0.3) is 0 Å². The second kappa shape index (κ2) is 8.96. The average molecular weight is 287 g/mol. The third-order valence-electron chi connectivity index (χ3n) is 3.04. The van der Waals surface area contributed by atoms with Crippen LogP contribution in [0.2, 0.25) is 0 Å². The van der Waals surface area contributed by atoms with Crippen LogP contribution in [-0.4, -0.2) is 29.6 Å². The second-order valence-electron chi connectivity index (χ2n) is 4.69. The predicted molar refractivity (Wildman–Crippen MR) is 73.8 cm³/mol. The van der Waals surface area contributed by atoms with Gasteiger partial charge in [0.1, 0.15) is 6.04 Å². The van der Waals surface area contributed by atoms with Gasteiger partial charge in [0.05, 0.1) is 0 Å². The van der Waals surface area contributed by atoms with Crippen LogP contribution < -0.4 is 5.32 Å². The Morgan fingerprint density at radius 1 is 1.05 bits per heavy atom. The van der Waals surface area contributed by atoms with Crippen LogP contribution in [0, 0.1) is 0 Å².